The van der Waals surface area contributed by atoms with Crippen LogP contribution in [0.15, 0.2) is 72.4 Å². The molecule has 32 heavy (non-hydrogen) atoms. The molecule has 0 bridgehead atoms. The van der Waals surface area contributed by atoms with Gasteiger partial charge in [0.05, 0.1) is 6.10 Å². The highest BCUT2D eigenvalue weighted by Crippen LogP contribution is 2.52. The van der Waals surface area contributed by atoms with Crippen LogP contribution in [-0.4, -0.2) is 48.1 Å². The highest BCUT2D eigenvalue weighted by Gasteiger charge is 2.61. The van der Waals surface area contributed by atoms with Crippen LogP contribution in [0, 0.1) is 5.92 Å². The first-order chi connectivity index (χ1) is 15.2. The van der Waals surface area contributed by atoms with Crippen LogP contribution in [0.1, 0.15) is 40.0 Å². The predicted octanol–water partition coefficient (Wildman–Crippen LogP) is 4.70. The Morgan fingerprint density at radius 2 is 1.78 bits per heavy atom. The molecule has 1 N–H and O–H groups in total. The van der Waals surface area contributed by atoms with Crippen molar-refractivity contribution < 1.29 is 28.9 Å². The van der Waals surface area contributed by atoms with Crippen LogP contribution in [0.4, 0.5) is 0 Å². The standard InChI is InChI=1S/C26H34O6/c1-18(2)14-17-21-26(4,32-21)24-19(3)15-16-20(25(24)30-5)31-23(29)13-11-9-7-6-8-10-12-22(27)28/h6-14,20-21,24-25H,3,15-17H2,1-2,4-5H3,(H,27,28)/b8-6+,9-7+,12-10+,13-11+/t20-,21-,24-,25-,26?/m1/s1. The Hall–Kier alpha value is -2.70. The minimum Gasteiger partial charge on any atom is -0.478 e. The fraction of sp³-hybridized carbons (Fsp3) is 0.462. The van der Waals surface area contributed by atoms with Gasteiger partial charge in [0.1, 0.15) is 17.8 Å². The van der Waals surface area contributed by atoms with Crippen LogP contribution in [0.2, 0.25) is 0 Å². The van der Waals surface area contributed by atoms with E-state index in [9.17, 15) is 9.59 Å². The molecule has 2 rings (SSSR count). The molecule has 2 fully saturated rings. The summed E-state index contributed by atoms with van der Waals surface area (Å²) in [6, 6.07) is 0. The Morgan fingerprint density at radius 1 is 1.16 bits per heavy atom. The molecule has 1 aliphatic carbocycles. The van der Waals surface area contributed by atoms with Crippen molar-refractivity contribution in [3.05, 3.63) is 72.4 Å². The molecular formula is C26H34O6. The molecule has 0 aromatic heterocycles. The van der Waals surface area contributed by atoms with E-state index >= 15 is 0 Å². The third kappa shape index (κ3) is 7.18. The number of ether oxygens (including phenoxy) is 3. The van der Waals surface area contributed by atoms with Crippen LogP contribution in [-0.2, 0) is 23.8 Å². The number of rotatable bonds is 10. The predicted molar refractivity (Wildman–Crippen MR) is 124 cm³/mol. The Balaban J connectivity index is 1.95. The summed E-state index contributed by atoms with van der Waals surface area (Å²) in [5.41, 5.74) is 1.97. The van der Waals surface area contributed by atoms with Crippen molar-refractivity contribution in [2.45, 2.75) is 63.9 Å². The highest BCUT2D eigenvalue weighted by atomic mass is 16.6. The summed E-state index contributed by atoms with van der Waals surface area (Å²) in [7, 11) is 1.64. The number of carboxylic acid groups (broad SMARTS) is 1. The number of allylic oxidation sites excluding steroid dienone is 7. The topological polar surface area (TPSA) is 85.4 Å². The molecule has 0 aromatic rings. The molecule has 1 aliphatic heterocycles. The minimum atomic E-state index is -1.00. The quantitative estimate of drug-likeness (QED) is 0.173. The molecule has 1 unspecified atom stereocenters. The number of carboxylic acids is 1. The summed E-state index contributed by atoms with van der Waals surface area (Å²) in [6.45, 7) is 10.5. The zero-order valence-corrected chi connectivity index (χ0v) is 19.3. The normalized spacial score (nSPS) is 30.4. The van der Waals surface area contributed by atoms with Crippen molar-refractivity contribution in [3.63, 3.8) is 0 Å². The lowest BCUT2D eigenvalue weighted by molar-refractivity contribution is -0.156. The molecular weight excluding hydrogens is 408 g/mol. The molecule has 0 amide bonds. The zero-order chi connectivity index (χ0) is 23.7. The Morgan fingerprint density at radius 3 is 2.38 bits per heavy atom. The van der Waals surface area contributed by atoms with Crippen LogP contribution in [0.3, 0.4) is 0 Å². The van der Waals surface area contributed by atoms with Crippen molar-refractivity contribution >= 4 is 11.9 Å². The van der Waals surface area contributed by atoms with Gasteiger partial charge in [0.15, 0.2) is 0 Å². The van der Waals surface area contributed by atoms with Gasteiger partial charge in [0.25, 0.3) is 0 Å². The lowest BCUT2D eigenvalue weighted by Gasteiger charge is -2.40. The Kier molecular flexibility index (Phi) is 9.42. The molecule has 174 valence electrons. The minimum absolute atomic E-state index is 0.0394. The van der Waals surface area contributed by atoms with Crippen LogP contribution in [0.25, 0.3) is 0 Å². The van der Waals surface area contributed by atoms with Gasteiger partial charge in [-0.25, -0.2) is 9.59 Å². The first kappa shape index (κ1) is 25.6. The summed E-state index contributed by atoms with van der Waals surface area (Å²) in [5, 5.41) is 8.50. The molecule has 6 nitrogen and oxygen atoms in total. The van der Waals surface area contributed by atoms with E-state index in [1.54, 1.807) is 37.5 Å². The van der Waals surface area contributed by atoms with Gasteiger partial charge in [-0.15, -0.1) is 0 Å². The Labute approximate surface area is 190 Å². The van der Waals surface area contributed by atoms with Crippen LogP contribution in [0.5, 0.6) is 0 Å². The number of epoxide rings is 1. The first-order valence-electron chi connectivity index (χ1n) is 10.8. The van der Waals surface area contributed by atoms with Gasteiger partial charge in [-0.1, -0.05) is 60.3 Å². The SMILES string of the molecule is C=C1CC[C@@H](OC(=O)/C=C/C=C/C=C/C=C/C(=O)O)[C@@H](OC)[C@@H]1C1(C)O[C@@H]1CC=C(C)C. The second kappa shape index (κ2) is 11.8. The van der Waals surface area contributed by atoms with Gasteiger partial charge < -0.3 is 19.3 Å². The van der Waals surface area contributed by atoms with Gasteiger partial charge >= 0.3 is 11.9 Å². The molecule has 5 atom stereocenters. The number of esters is 1. The molecule has 1 saturated carbocycles. The van der Waals surface area contributed by atoms with Crippen molar-refractivity contribution in [1.29, 1.82) is 0 Å². The van der Waals surface area contributed by atoms with Crippen LogP contribution >= 0.6 is 0 Å². The van der Waals surface area contributed by atoms with Crippen molar-refractivity contribution in [3.8, 4) is 0 Å². The van der Waals surface area contributed by atoms with Gasteiger partial charge in [-0.3, -0.25) is 0 Å². The molecule has 1 saturated heterocycles. The summed E-state index contributed by atoms with van der Waals surface area (Å²) in [5.74, 6) is -1.48. The van der Waals surface area contributed by atoms with Gasteiger partial charge in [-0.2, -0.15) is 0 Å². The highest BCUT2D eigenvalue weighted by molar-refractivity contribution is 5.82. The first-order valence-corrected chi connectivity index (χ1v) is 10.8. The van der Waals surface area contributed by atoms with E-state index in [0.717, 1.165) is 24.5 Å². The molecule has 0 radical (unpaired) electrons. The molecule has 0 aromatic carbocycles. The number of aliphatic carboxylic acids is 1. The third-order valence-electron chi connectivity index (χ3n) is 5.79. The van der Waals surface area contributed by atoms with Gasteiger partial charge in [0, 0.05) is 25.2 Å². The second-order valence-electron chi connectivity index (χ2n) is 8.48. The van der Waals surface area contributed by atoms with E-state index in [0.29, 0.717) is 6.42 Å². The van der Waals surface area contributed by atoms with Crippen molar-refractivity contribution in [2.24, 2.45) is 5.92 Å². The van der Waals surface area contributed by atoms with E-state index in [2.05, 4.69) is 33.4 Å². The lowest BCUT2D eigenvalue weighted by atomic mass is 9.72. The summed E-state index contributed by atoms with van der Waals surface area (Å²) < 4.78 is 17.6. The average Bonchev–Trinajstić information content (AvgIpc) is 3.39. The van der Waals surface area contributed by atoms with E-state index in [1.807, 2.05) is 0 Å². The fourth-order valence-corrected chi connectivity index (χ4v) is 4.13. The molecule has 1 heterocycles. The number of carbonyl (C=O) groups is 2. The molecule has 0 spiro atoms. The van der Waals surface area contributed by atoms with Crippen molar-refractivity contribution in [2.75, 3.05) is 7.11 Å². The lowest BCUT2D eigenvalue weighted by Crippen LogP contribution is -2.48. The smallest absolute Gasteiger partial charge is 0.331 e. The van der Waals surface area contributed by atoms with Gasteiger partial charge in [-0.05, 0) is 40.0 Å². The number of hydrogen-bond acceptors (Lipinski definition) is 5. The number of hydrogen-bond donors (Lipinski definition) is 1. The van der Waals surface area contributed by atoms with E-state index in [4.69, 9.17) is 19.3 Å². The Bertz CT molecular complexity index is 842. The monoisotopic (exact) mass is 442 g/mol. The summed E-state index contributed by atoms with van der Waals surface area (Å²) in [6.07, 6.45) is 15.9. The zero-order valence-electron chi connectivity index (χ0n) is 19.3. The maximum absolute atomic E-state index is 12.3. The largest absolute Gasteiger partial charge is 0.478 e. The van der Waals surface area contributed by atoms with E-state index in [-0.39, 0.29) is 29.8 Å². The number of methoxy groups -OCH3 is 1. The average molecular weight is 443 g/mol. The van der Waals surface area contributed by atoms with E-state index < -0.39 is 11.9 Å². The van der Waals surface area contributed by atoms with Crippen LogP contribution < -0.4 is 0 Å². The second-order valence-corrected chi connectivity index (χ2v) is 8.48. The third-order valence-corrected chi connectivity index (χ3v) is 5.79. The summed E-state index contributed by atoms with van der Waals surface area (Å²) in [4.78, 5) is 22.7. The number of carbonyl (C=O) groups excluding carboxylic acids is 1. The van der Waals surface area contributed by atoms with Gasteiger partial charge in [0.2, 0.25) is 0 Å². The van der Waals surface area contributed by atoms with E-state index in [1.165, 1.54) is 17.7 Å². The molecule has 2 aliphatic rings. The molecule has 6 heteroatoms. The maximum Gasteiger partial charge on any atom is 0.331 e. The summed E-state index contributed by atoms with van der Waals surface area (Å²) >= 11 is 0. The van der Waals surface area contributed by atoms with Crippen molar-refractivity contribution in [1.82, 2.24) is 0 Å². The fourth-order valence-electron chi connectivity index (χ4n) is 4.13. The maximum atomic E-state index is 12.3.